The summed E-state index contributed by atoms with van der Waals surface area (Å²) in [6, 6.07) is 25.6. The number of rotatable bonds is 9. The van der Waals surface area contributed by atoms with Gasteiger partial charge in [-0.3, -0.25) is 4.79 Å². The maximum Gasteiger partial charge on any atom is 0.404 e. The van der Waals surface area contributed by atoms with Crippen molar-refractivity contribution in [2.75, 3.05) is 18.4 Å². The van der Waals surface area contributed by atoms with E-state index in [1.165, 1.54) is 0 Å². The molecule has 0 aliphatic carbocycles. The van der Waals surface area contributed by atoms with Gasteiger partial charge in [-0.15, -0.1) is 0 Å². The van der Waals surface area contributed by atoms with Crippen molar-refractivity contribution in [2.24, 2.45) is 0 Å². The smallest absolute Gasteiger partial charge is 0.404 e. The van der Waals surface area contributed by atoms with Crippen molar-refractivity contribution in [3.63, 3.8) is 0 Å². The molecule has 5 N–H and O–H groups in total. The Morgan fingerprint density at radius 1 is 0.727 bits per heavy atom. The number of benzene rings is 3. The molecule has 0 bridgehead atoms. The molecule has 0 aromatic heterocycles. The van der Waals surface area contributed by atoms with Gasteiger partial charge in [0, 0.05) is 18.8 Å². The van der Waals surface area contributed by atoms with Crippen molar-refractivity contribution >= 4 is 23.7 Å². The van der Waals surface area contributed by atoms with Gasteiger partial charge in [0.05, 0.1) is 12.5 Å². The minimum absolute atomic E-state index is 0.0114. The number of nitrogens with one attached hydrogen (secondary N) is 4. The Kier molecular flexibility index (Phi) is 8.41. The van der Waals surface area contributed by atoms with E-state index in [0.29, 0.717) is 5.69 Å². The Morgan fingerprint density at radius 3 is 1.94 bits per heavy atom. The lowest BCUT2D eigenvalue weighted by molar-refractivity contribution is -0.121. The molecular weight excluding hydrogens is 420 g/mol. The van der Waals surface area contributed by atoms with Crippen molar-refractivity contribution in [3.8, 4) is 11.1 Å². The highest BCUT2D eigenvalue weighted by molar-refractivity contribution is 5.90. The highest BCUT2D eigenvalue weighted by Crippen LogP contribution is 2.21. The van der Waals surface area contributed by atoms with Gasteiger partial charge in [-0.1, -0.05) is 72.8 Å². The lowest BCUT2D eigenvalue weighted by Crippen LogP contribution is -2.38. The zero-order chi connectivity index (χ0) is 23.5. The molecule has 33 heavy (non-hydrogen) atoms. The summed E-state index contributed by atoms with van der Waals surface area (Å²) in [6.45, 7) is 0.260. The Bertz CT molecular complexity index is 1060. The van der Waals surface area contributed by atoms with E-state index in [1.807, 2.05) is 84.9 Å². The number of hydrogen-bond acceptors (Lipinski definition) is 3. The number of anilines is 1. The topological polar surface area (TPSA) is 120 Å². The van der Waals surface area contributed by atoms with Crippen LogP contribution in [0.2, 0.25) is 0 Å². The van der Waals surface area contributed by atoms with Gasteiger partial charge < -0.3 is 26.4 Å². The second-order valence-electron chi connectivity index (χ2n) is 7.29. The Morgan fingerprint density at radius 2 is 1.30 bits per heavy atom. The van der Waals surface area contributed by atoms with Crippen molar-refractivity contribution in [3.05, 3.63) is 90.5 Å². The zero-order valence-corrected chi connectivity index (χ0v) is 18.0. The number of carbonyl (C=O) groups excluding carboxylic acids is 2. The van der Waals surface area contributed by atoms with Crippen LogP contribution in [-0.2, 0) is 4.79 Å². The van der Waals surface area contributed by atoms with Crippen LogP contribution in [-0.4, -0.2) is 36.2 Å². The summed E-state index contributed by atoms with van der Waals surface area (Å²) in [6.07, 6.45) is -1.14. The average molecular weight is 447 g/mol. The first-order chi connectivity index (χ1) is 16.0. The highest BCUT2D eigenvalue weighted by Gasteiger charge is 2.18. The quantitative estimate of drug-likeness (QED) is 0.319. The minimum atomic E-state index is -1.15. The number of urea groups is 1. The first-order valence-corrected chi connectivity index (χ1v) is 10.5. The maximum absolute atomic E-state index is 12.6. The lowest BCUT2D eigenvalue weighted by Gasteiger charge is -2.19. The molecule has 8 nitrogen and oxygen atoms in total. The van der Waals surface area contributed by atoms with Crippen molar-refractivity contribution in [2.45, 2.75) is 12.5 Å². The van der Waals surface area contributed by atoms with Gasteiger partial charge in [0.2, 0.25) is 5.91 Å². The normalized spacial score (nSPS) is 11.2. The van der Waals surface area contributed by atoms with E-state index < -0.39 is 18.2 Å². The van der Waals surface area contributed by atoms with E-state index in [2.05, 4.69) is 21.3 Å². The molecule has 0 radical (unpaired) electrons. The van der Waals surface area contributed by atoms with Crippen LogP contribution in [0, 0.1) is 0 Å². The molecule has 4 amide bonds. The molecule has 0 fully saturated rings. The maximum atomic E-state index is 12.6. The number of carboxylic acid groups (broad SMARTS) is 1. The van der Waals surface area contributed by atoms with Gasteiger partial charge in [-0.05, 0) is 28.8 Å². The number of carbonyl (C=O) groups is 3. The van der Waals surface area contributed by atoms with Crippen LogP contribution in [0.1, 0.15) is 18.0 Å². The Hall–Kier alpha value is -4.33. The molecule has 0 aliphatic rings. The summed E-state index contributed by atoms with van der Waals surface area (Å²) in [5.74, 6) is -0.302. The third-order valence-corrected chi connectivity index (χ3v) is 4.87. The van der Waals surface area contributed by atoms with E-state index in [9.17, 15) is 14.4 Å². The third kappa shape index (κ3) is 7.70. The molecule has 1 unspecified atom stereocenters. The van der Waals surface area contributed by atoms with Gasteiger partial charge in [-0.25, -0.2) is 9.59 Å². The van der Waals surface area contributed by atoms with E-state index in [1.54, 1.807) is 0 Å². The molecule has 8 heteroatoms. The number of amides is 4. The van der Waals surface area contributed by atoms with Crippen LogP contribution in [0.25, 0.3) is 11.1 Å². The van der Waals surface area contributed by atoms with Gasteiger partial charge >= 0.3 is 12.1 Å². The summed E-state index contributed by atoms with van der Waals surface area (Å²) < 4.78 is 0. The molecule has 0 heterocycles. The first kappa shape index (κ1) is 23.3. The fraction of sp³-hybridized carbons (Fsp3) is 0.160. The second-order valence-corrected chi connectivity index (χ2v) is 7.29. The molecule has 0 saturated heterocycles. The number of hydrogen-bond donors (Lipinski definition) is 5. The van der Waals surface area contributed by atoms with Crippen molar-refractivity contribution in [1.82, 2.24) is 16.0 Å². The summed E-state index contributed by atoms with van der Waals surface area (Å²) in [4.78, 5) is 35.5. The van der Waals surface area contributed by atoms with Crippen LogP contribution in [0.4, 0.5) is 15.3 Å². The monoisotopic (exact) mass is 446 g/mol. The molecule has 3 aromatic rings. The molecule has 0 saturated carbocycles. The fourth-order valence-corrected chi connectivity index (χ4v) is 3.27. The molecule has 0 spiro atoms. The predicted molar refractivity (Wildman–Crippen MR) is 127 cm³/mol. The average Bonchev–Trinajstić information content (AvgIpc) is 2.83. The van der Waals surface area contributed by atoms with Crippen LogP contribution in [0.15, 0.2) is 84.9 Å². The SMILES string of the molecule is O=C(O)NCCNC(=O)CC(NC(=O)Nc1ccc(-c2ccccc2)cc1)c1ccccc1. The standard InChI is InChI=1S/C25H26N4O4/c30-23(26-15-16-27-25(32)33)17-22(20-9-5-2-6-10-20)29-24(31)28-21-13-11-19(12-14-21)18-7-3-1-4-8-18/h1-14,22,27H,15-17H2,(H,26,30)(H,32,33)(H2,28,29,31). The zero-order valence-electron chi connectivity index (χ0n) is 18.0. The van der Waals surface area contributed by atoms with Crippen LogP contribution >= 0.6 is 0 Å². The van der Waals surface area contributed by atoms with Gasteiger partial charge in [-0.2, -0.15) is 0 Å². The van der Waals surface area contributed by atoms with Gasteiger partial charge in [0.25, 0.3) is 0 Å². The van der Waals surface area contributed by atoms with Gasteiger partial charge in [0.15, 0.2) is 0 Å². The Labute approximate surface area is 192 Å². The Balaban J connectivity index is 1.59. The summed E-state index contributed by atoms with van der Waals surface area (Å²) >= 11 is 0. The second kappa shape index (κ2) is 11.9. The summed E-state index contributed by atoms with van der Waals surface area (Å²) in [7, 11) is 0. The molecule has 0 aliphatic heterocycles. The highest BCUT2D eigenvalue weighted by atomic mass is 16.4. The van der Waals surface area contributed by atoms with Crippen molar-refractivity contribution in [1.29, 1.82) is 0 Å². The van der Waals surface area contributed by atoms with Crippen molar-refractivity contribution < 1.29 is 19.5 Å². The van der Waals surface area contributed by atoms with Crippen LogP contribution in [0.3, 0.4) is 0 Å². The third-order valence-electron chi connectivity index (χ3n) is 4.87. The minimum Gasteiger partial charge on any atom is -0.465 e. The molecule has 170 valence electrons. The van der Waals surface area contributed by atoms with Gasteiger partial charge in [0.1, 0.15) is 0 Å². The van der Waals surface area contributed by atoms with E-state index in [0.717, 1.165) is 16.7 Å². The molecule has 1 atom stereocenters. The predicted octanol–water partition coefficient (Wildman–Crippen LogP) is 3.99. The molecule has 3 aromatic carbocycles. The molecule has 3 rings (SSSR count). The van der Waals surface area contributed by atoms with E-state index in [4.69, 9.17) is 5.11 Å². The fourth-order valence-electron chi connectivity index (χ4n) is 3.27. The molecular formula is C25H26N4O4. The van der Waals surface area contributed by atoms with Crippen LogP contribution < -0.4 is 21.3 Å². The van der Waals surface area contributed by atoms with Crippen LogP contribution in [0.5, 0.6) is 0 Å². The lowest BCUT2D eigenvalue weighted by atomic mass is 10.0. The summed E-state index contributed by atoms with van der Waals surface area (Å²) in [5, 5.41) is 19.1. The largest absolute Gasteiger partial charge is 0.465 e. The summed E-state index contributed by atoms with van der Waals surface area (Å²) in [5.41, 5.74) is 3.54. The first-order valence-electron chi connectivity index (χ1n) is 10.5. The van der Waals surface area contributed by atoms with E-state index >= 15 is 0 Å². The van der Waals surface area contributed by atoms with E-state index in [-0.39, 0.29) is 25.4 Å².